The van der Waals surface area contributed by atoms with Crippen molar-refractivity contribution in [3.05, 3.63) is 113 Å². The molecule has 1 heterocycles. The molecular weight excluding hydrogens is 843 g/mol. The maximum atomic E-state index is 13.7. The molecule has 326 valence electrons. The molecule has 1 fully saturated rings. The van der Waals surface area contributed by atoms with Crippen molar-refractivity contribution < 1.29 is 50.2 Å². The number of anilines is 3. The number of ketones is 2. The quantitative estimate of drug-likeness (QED) is 0.0579. The monoisotopic (exact) mass is 887 g/mol. The van der Waals surface area contributed by atoms with Crippen molar-refractivity contribution in [1.29, 1.82) is 0 Å². The normalized spacial score (nSPS) is 16.3. The fourth-order valence-corrected chi connectivity index (χ4v) is 9.21. The van der Waals surface area contributed by atoms with Crippen molar-refractivity contribution >= 4 is 72.2 Å². The minimum absolute atomic E-state index is 0.0208. The van der Waals surface area contributed by atoms with Gasteiger partial charge in [0.1, 0.15) is 23.0 Å². The number of likely N-dealkylation sites (tertiary alicyclic amines) is 1. The zero-order valence-corrected chi connectivity index (χ0v) is 35.2. The molecule has 2 aliphatic rings. The Morgan fingerprint density at radius 2 is 1.48 bits per heavy atom. The van der Waals surface area contributed by atoms with Gasteiger partial charge in [-0.3, -0.25) is 33.3 Å². The maximum absolute atomic E-state index is 13.7. The lowest BCUT2D eigenvalue weighted by Gasteiger charge is -2.29. The number of nitrogens with one attached hydrogen (secondary N) is 4. The molecule has 4 amide bonds. The third-order valence-corrected chi connectivity index (χ3v) is 13.1. The molecule has 0 spiro atoms. The maximum Gasteiger partial charge on any atom is 0.296 e. The number of carbonyl (C=O) groups is 6. The lowest BCUT2D eigenvalue weighted by molar-refractivity contribution is -0.141. The molecule has 6 rings (SSSR count). The van der Waals surface area contributed by atoms with Gasteiger partial charge < -0.3 is 37.6 Å². The smallest absolute Gasteiger partial charge is 0.296 e. The summed E-state index contributed by atoms with van der Waals surface area (Å²) in [4.78, 5) is 80.3. The second-order valence-corrected chi connectivity index (χ2v) is 18.5. The average molecular weight is 888 g/mol. The molecule has 0 aromatic heterocycles. The highest BCUT2D eigenvalue weighted by Gasteiger charge is 2.39. The van der Waals surface area contributed by atoms with Crippen LogP contribution in [0.2, 0.25) is 0 Å². The standard InChI is InChI=1S/C42H45N7O11S2/c1-23(43)39(52)46-24(2)42(55)49-18-9-16-32(49)41(54)48-31(20-25-10-4-3-5-11-25)40(53)45-17-19-61(56,57)27-13-8-12-26(21-27)47-30-22-33(62(58,59)60)36(44)35-34(30)37(50)28-14-6-7-15-29(28)38(35)51/h3-8,10-15,21-24,31-32,47H,9,16-20,43-44H2,1-2H3,(H,45,53)(H,46,52)(H,48,54)(H,58,59,60). The summed E-state index contributed by atoms with van der Waals surface area (Å²) in [5.41, 5.74) is 10.8. The number of amides is 4. The summed E-state index contributed by atoms with van der Waals surface area (Å²) >= 11 is 0. The number of nitrogens with zero attached hydrogens (tertiary/aromatic N) is 1. The van der Waals surface area contributed by atoms with Crippen LogP contribution in [0.3, 0.4) is 0 Å². The molecule has 0 saturated carbocycles. The molecule has 4 unspecified atom stereocenters. The Hall–Kier alpha value is -6.48. The fourth-order valence-electron chi connectivity index (χ4n) is 7.36. The Bertz CT molecular complexity index is 2690. The van der Waals surface area contributed by atoms with Gasteiger partial charge in [-0.05, 0) is 56.5 Å². The number of hydrogen-bond acceptors (Lipinski definition) is 13. The molecule has 0 bridgehead atoms. The van der Waals surface area contributed by atoms with Crippen LogP contribution in [0.1, 0.15) is 64.1 Å². The van der Waals surface area contributed by atoms with Crippen LogP contribution in [0.5, 0.6) is 0 Å². The van der Waals surface area contributed by atoms with Gasteiger partial charge in [0.2, 0.25) is 23.6 Å². The highest BCUT2D eigenvalue weighted by atomic mass is 32.2. The van der Waals surface area contributed by atoms with Crippen molar-refractivity contribution in [3.8, 4) is 0 Å². The van der Waals surface area contributed by atoms with E-state index in [-0.39, 0.29) is 52.5 Å². The van der Waals surface area contributed by atoms with Crippen molar-refractivity contribution in [3.63, 3.8) is 0 Å². The van der Waals surface area contributed by atoms with E-state index in [4.69, 9.17) is 11.5 Å². The van der Waals surface area contributed by atoms with Crippen molar-refractivity contribution in [1.82, 2.24) is 20.9 Å². The van der Waals surface area contributed by atoms with Gasteiger partial charge in [0.15, 0.2) is 21.4 Å². The Labute approximate surface area is 357 Å². The predicted molar refractivity (Wildman–Crippen MR) is 227 cm³/mol. The molecule has 1 aliphatic heterocycles. The van der Waals surface area contributed by atoms with Crippen LogP contribution in [-0.2, 0) is 45.6 Å². The van der Waals surface area contributed by atoms with E-state index >= 15 is 0 Å². The summed E-state index contributed by atoms with van der Waals surface area (Å²) in [6, 6.07) is 16.9. The van der Waals surface area contributed by atoms with Crippen LogP contribution in [0, 0.1) is 0 Å². The van der Waals surface area contributed by atoms with Gasteiger partial charge in [0, 0.05) is 36.3 Å². The molecule has 4 atom stereocenters. The second-order valence-electron chi connectivity index (χ2n) is 15.0. The van der Waals surface area contributed by atoms with Gasteiger partial charge in [-0.1, -0.05) is 60.7 Å². The molecule has 9 N–H and O–H groups in total. The van der Waals surface area contributed by atoms with Crippen LogP contribution in [-0.4, -0.2) is 104 Å². The topological polar surface area (TPSA) is 294 Å². The molecule has 4 aromatic carbocycles. The first-order chi connectivity index (χ1) is 29.3. The van der Waals surface area contributed by atoms with Gasteiger partial charge >= 0.3 is 0 Å². The van der Waals surface area contributed by atoms with Gasteiger partial charge in [-0.2, -0.15) is 8.42 Å². The van der Waals surface area contributed by atoms with Crippen LogP contribution in [0.4, 0.5) is 17.1 Å². The van der Waals surface area contributed by atoms with Crippen molar-refractivity contribution in [2.24, 2.45) is 5.73 Å². The molecule has 4 aromatic rings. The van der Waals surface area contributed by atoms with Crippen LogP contribution in [0.25, 0.3) is 0 Å². The summed E-state index contributed by atoms with van der Waals surface area (Å²) < 4.78 is 62.0. The van der Waals surface area contributed by atoms with Gasteiger partial charge in [-0.25, -0.2) is 8.42 Å². The second kappa shape index (κ2) is 18.2. The SMILES string of the molecule is CC(N)C(=O)NC(C)C(=O)N1CCCC1C(=O)NC(Cc1ccccc1)C(=O)NCCS(=O)(=O)c1cccc(Nc2cc(S(=O)(=O)O)c(N)c3c2C(=O)c2ccccc2C3=O)c1. The summed E-state index contributed by atoms with van der Waals surface area (Å²) in [5, 5.41) is 10.7. The molecular formula is C42H45N7O11S2. The average Bonchev–Trinajstić information content (AvgIpc) is 3.73. The third kappa shape index (κ3) is 9.68. The molecule has 0 radical (unpaired) electrons. The summed E-state index contributed by atoms with van der Waals surface area (Å²) in [6.07, 6.45) is 0.846. The van der Waals surface area contributed by atoms with Gasteiger partial charge in [-0.15, -0.1) is 0 Å². The Morgan fingerprint density at radius 1 is 0.839 bits per heavy atom. The molecule has 1 saturated heterocycles. The van der Waals surface area contributed by atoms with Crippen molar-refractivity contribution in [2.45, 2.75) is 67.1 Å². The number of rotatable bonds is 15. The van der Waals surface area contributed by atoms with E-state index in [1.54, 1.807) is 36.4 Å². The van der Waals surface area contributed by atoms with E-state index < -0.39 is 101 Å². The van der Waals surface area contributed by atoms with Crippen LogP contribution >= 0.6 is 0 Å². The molecule has 18 nitrogen and oxygen atoms in total. The van der Waals surface area contributed by atoms with Crippen molar-refractivity contribution in [2.75, 3.05) is 29.9 Å². The van der Waals surface area contributed by atoms with E-state index in [1.807, 2.05) is 0 Å². The van der Waals surface area contributed by atoms with E-state index in [0.29, 0.717) is 18.4 Å². The largest absolute Gasteiger partial charge is 0.397 e. The number of hydrogen-bond donors (Lipinski definition) is 7. The number of benzene rings is 4. The third-order valence-electron chi connectivity index (χ3n) is 10.5. The summed E-state index contributed by atoms with van der Waals surface area (Å²) in [5.74, 6) is -4.34. The summed E-state index contributed by atoms with van der Waals surface area (Å²) in [7, 11) is -9.16. The zero-order chi connectivity index (χ0) is 45.1. The molecule has 1 aliphatic carbocycles. The number of sulfone groups is 1. The zero-order valence-electron chi connectivity index (χ0n) is 33.6. The molecule has 62 heavy (non-hydrogen) atoms. The Morgan fingerprint density at radius 3 is 2.13 bits per heavy atom. The first-order valence-electron chi connectivity index (χ1n) is 19.5. The van der Waals surface area contributed by atoms with Gasteiger partial charge in [0.25, 0.3) is 10.1 Å². The predicted octanol–water partition coefficient (Wildman–Crippen LogP) is 1.49. The van der Waals surface area contributed by atoms with E-state index in [2.05, 4.69) is 21.3 Å². The first-order valence-corrected chi connectivity index (χ1v) is 22.6. The number of fused-ring (bicyclic) bond motifs is 2. The number of nitrogen functional groups attached to an aromatic ring is 1. The lowest BCUT2D eigenvalue weighted by Crippen LogP contribution is -2.57. The highest BCUT2D eigenvalue weighted by Crippen LogP contribution is 2.40. The first kappa shape index (κ1) is 45.1. The Kier molecular flexibility index (Phi) is 13.3. The lowest BCUT2D eigenvalue weighted by atomic mass is 9.82. The van der Waals surface area contributed by atoms with E-state index in [0.717, 1.165) is 6.07 Å². The van der Waals surface area contributed by atoms with E-state index in [1.165, 1.54) is 61.2 Å². The number of carbonyl (C=O) groups excluding carboxylic acids is 6. The Balaban J connectivity index is 1.17. The summed E-state index contributed by atoms with van der Waals surface area (Å²) in [6.45, 7) is 2.82. The van der Waals surface area contributed by atoms with Gasteiger partial charge in [0.05, 0.1) is 39.2 Å². The fraction of sp³-hybridized carbons (Fsp3) is 0.286. The van der Waals surface area contributed by atoms with Crippen LogP contribution < -0.4 is 32.7 Å². The highest BCUT2D eigenvalue weighted by molar-refractivity contribution is 7.91. The minimum Gasteiger partial charge on any atom is -0.397 e. The minimum atomic E-state index is -5.01. The van der Waals surface area contributed by atoms with Crippen LogP contribution in [0.15, 0.2) is 94.7 Å². The molecule has 20 heteroatoms. The number of nitrogens with two attached hydrogens (primary N) is 2. The van der Waals surface area contributed by atoms with E-state index in [9.17, 15) is 50.2 Å².